The molecular weight excluding hydrogens is 216 g/mol. The van der Waals surface area contributed by atoms with Crippen molar-refractivity contribution in [3.63, 3.8) is 0 Å². The molecule has 0 radical (unpaired) electrons. The van der Waals surface area contributed by atoms with E-state index in [4.69, 9.17) is 5.73 Å². The molecule has 1 fully saturated rings. The summed E-state index contributed by atoms with van der Waals surface area (Å²) in [6.45, 7) is 6.75. The van der Waals surface area contributed by atoms with Gasteiger partial charge >= 0.3 is 0 Å². The largest absolute Gasteiger partial charge is 0.399 e. The molecule has 0 aromatic heterocycles. The van der Waals surface area contributed by atoms with Crippen molar-refractivity contribution in [2.24, 2.45) is 0 Å². The van der Waals surface area contributed by atoms with Gasteiger partial charge in [0.15, 0.2) is 0 Å². The normalized spacial score (nSPS) is 21.1. The first-order valence-electron chi connectivity index (χ1n) is 5.93. The van der Waals surface area contributed by atoms with Crippen molar-refractivity contribution in [1.82, 2.24) is 0 Å². The van der Waals surface area contributed by atoms with Gasteiger partial charge in [0, 0.05) is 35.5 Å². The molecule has 88 valence electrons. The fourth-order valence-electron chi connectivity index (χ4n) is 2.22. The van der Waals surface area contributed by atoms with Crippen LogP contribution in [0.2, 0.25) is 0 Å². The Labute approximate surface area is 102 Å². The highest BCUT2D eigenvalue weighted by Gasteiger charge is 2.19. The number of anilines is 2. The number of hydrogen-bond acceptors (Lipinski definition) is 3. The zero-order valence-electron chi connectivity index (χ0n) is 10.1. The van der Waals surface area contributed by atoms with E-state index in [1.54, 1.807) is 0 Å². The molecule has 1 aromatic rings. The van der Waals surface area contributed by atoms with Crippen LogP contribution in [0.15, 0.2) is 18.2 Å². The molecule has 1 aliphatic heterocycles. The molecule has 1 atom stereocenters. The fraction of sp³-hybridized carbons (Fsp3) is 0.538. The molecule has 1 aliphatic rings. The van der Waals surface area contributed by atoms with Crippen LogP contribution in [0.4, 0.5) is 11.4 Å². The van der Waals surface area contributed by atoms with Gasteiger partial charge in [-0.05, 0) is 37.1 Å². The van der Waals surface area contributed by atoms with Crippen molar-refractivity contribution < 1.29 is 0 Å². The number of hydrogen-bond donors (Lipinski definition) is 1. The average Bonchev–Trinajstić information content (AvgIpc) is 2.29. The molecule has 2 nitrogen and oxygen atoms in total. The van der Waals surface area contributed by atoms with Gasteiger partial charge in [-0.15, -0.1) is 0 Å². The predicted octanol–water partition coefficient (Wildman–Crippen LogP) is 2.91. The second-order valence-electron chi connectivity index (χ2n) is 4.39. The molecule has 0 bridgehead atoms. The van der Waals surface area contributed by atoms with Crippen LogP contribution in [0.1, 0.15) is 18.9 Å². The zero-order valence-corrected chi connectivity index (χ0v) is 10.9. The van der Waals surface area contributed by atoms with E-state index < -0.39 is 0 Å². The smallest absolute Gasteiger partial charge is 0.0398 e. The monoisotopic (exact) mass is 236 g/mol. The Hall–Kier alpha value is -0.830. The van der Waals surface area contributed by atoms with Gasteiger partial charge in [0.2, 0.25) is 0 Å². The summed E-state index contributed by atoms with van der Waals surface area (Å²) in [6.07, 6.45) is 1.26. The van der Waals surface area contributed by atoms with Gasteiger partial charge in [0.1, 0.15) is 0 Å². The van der Waals surface area contributed by atoms with Crippen LogP contribution in [0.25, 0.3) is 0 Å². The molecule has 2 N–H and O–H groups in total. The van der Waals surface area contributed by atoms with Crippen LogP contribution in [-0.4, -0.2) is 24.1 Å². The first-order valence-corrected chi connectivity index (χ1v) is 6.98. The Morgan fingerprint density at radius 3 is 3.00 bits per heavy atom. The Bertz CT molecular complexity index is 365. The lowest BCUT2D eigenvalue weighted by molar-refractivity contribution is 0.727. The van der Waals surface area contributed by atoms with E-state index in [2.05, 4.69) is 42.6 Å². The fourth-order valence-corrected chi connectivity index (χ4v) is 3.40. The molecule has 1 saturated heterocycles. The van der Waals surface area contributed by atoms with Gasteiger partial charge in [-0.2, -0.15) is 11.8 Å². The standard InChI is InChI=1S/C13H20N2S/c1-3-12-9-15(6-7-16-12)13-5-4-11(14)8-10(13)2/h4-5,8,12H,3,6-7,9,14H2,1-2H3. The molecule has 2 rings (SSSR count). The van der Waals surface area contributed by atoms with Crippen molar-refractivity contribution in [3.05, 3.63) is 23.8 Å². The molecule has 0 aliphatic carbocycles. The van der Waals surface area contributed by atoms with E-state index in [0.29, 0.717) is 0 Å². The van der Waals surface area contributed by atoms with E-state index in [0.717, 1.165) is 17.5 Å². The average molecular weight is 236 g/mol. The van der Waals surface area contributed by atoms with Crippen molar-refractivity contribution in [2.45, 2.75) is 25.5 Å². The van der Waals surface area contributed by atoms with E-state index in [-0.39, 0.29) is 0 Å². The summed E-state index contributed by atoms with van der Waals surface area (Å²) in [5, 5.41) is 0.783. The minimum Gasteiger partial charge on any atom is -0.399 e. The molecule has 0 spiro atoms. The lowest BCUT2D eigenvalue weighted by Crippen LogP contribution is -2.37. The van der Waals surface area contributed by atoms with Gasteiger partial charge < -0.3 is 10.6 Å². The Kier molecular flexibility index (Phi) is 3.64. The Balaban J connectivity index is 2.16. The maximum absolute atomic E-state index is 5.79. The Morgan fingerprint density at radius 2 is 2.31 bits per heavy atom. The highest BCUT2D eigenvalue weighted by atomic mass is 32.2. The third kappa shape index (κ3) is 2.46. The number of benzene rings is 1. The summed E-state index contributed by atoms with van der Waals surface area (Å²) in [6, 6.07) is 6.23. The van der Waals surface area contributed by atoms with Crippen LogP contribution < -0.4 is 10.6 Å². The van der Waals surface area contributed by atoms with Crippen LogP contribution in [0.3, 0.4) is 0 Å². The topological polar surface area (TPSA) is 29.3 Å². The van der Waals surface area contributed by atoms with E-state index in [1.165, 1.54) is 30.0 Å². The van der Waals surface area contributed by atoms with E-state index in [9.17, 15) is 0 Å². The molecule has 0 saturated carbocycles. The third-order valence-electron chi connectivity index (χ3n) is 3.16. The SMILES string of the molecule is CCC1CN(c2ccc(N)cc2C)CCS1. The third-order valence-corrected chi connectivity index (χ3v) is 4.53. The summed E-state index contributed by atoms with van der Waals surface area (Å²) in [4.78, 5) is 2.50. The van der Waals surface area contributed by atoms with Crippen molar-refractivity contribution in [2.75, 3.05) is 29.5 Å². The quantitative estimate of drug-likeness (QED) is 0.801. The zero-order chi connectivity index (χ0) is 11.5. The van der Waals surface area contributed by atoms with E-state index in [1.807, 2.05) is 6.07 Å². The van der Waals surface area contributed by atoms with Gasteiger partial charge in [-0.3, -0.25) is 0 Å². The van der Waals surface area contributed by atoms with Crippen molar-refractivity contribution in [1.29, 1.82) is 0 Å². The minimum atomic E-state index is 0.783. The number of nitrogen functional groups attached to an aromatic ring is 1. The van der Waals surface area contributed by atoms with Gasteiger partial charge in [0.05, 0.1) is 0 Å². The maximum Gasteiger partial charge on any atom is 0.0398 e. The van der Waals surface area contributed by atoms with E-state index >= 15 is 0 Å². The summed E-state index contributed by atoms with van der Waals surface area (Å²) in [5.41, 5.74) is 9.30. The maximum atomic E-state index is 5.79. The molecular formula is C13H20N2S. The molecule has 1 unspecified atom stereocenters. The molecule has 16 heavy (non-hydrogen) atoms. The van der Waals surface area contributed by atoms with Gasteiger partial charge in [-0.1, -0.05) is 6.92 Å². The Morgan fingerprint density at radius 1 is 1.50 bits per heavy atom. The summed E-state index contributed by atoms with van der Waals surface area (Å²) >= 11 is 2.10. The number of nitrogens with two attached hydrogens (primary N) is 1. The van der Waals surface area contributed by atoms with Crippen LogP contribution in [0.5, 0.6) is 0 Å². The summed E-state index contributed by atoms with van der Waals surface area (Å²) in [5.74, 6) is 1.24. The lowest BCUT2D eigenvalue weighted by atomic mass is 10.1. The van der Waals surface area contributed by atoms with Crippen LogP contribution in [-0.2, 0) is 0 Å². The van der Waals surface area contributed by atoms with Crippen LogP contribution >= 0.6 is 11.8 Å². The lowest BCUT2D eigenvalue weighted by Gasteiger charge is -2.34. The highest BCUT2D eigenvalue weighted by Crippen LogP contribution is 2.28. The number of rotatable bonds is 2. The molecule has 1 heterocycles. The molecule has 3 heteroatoms. The summed E-state index contributed by atoms with van der Waals surface area (Å²) < 4.78 is 0. The number of aryl methyl sites for hydroxylation is 1. The van der Waals surface area contributed by atoms with Gasteiger partial charge in [-0.25, -0.2) is 0 Å². The summed E-state index contributed by atoms with van der Waals surface area (Å²) in [7, 11) is 0. The number of thioether (sulfide) groups is 1. The molecule has 1 aromatic carbocycles. The van der Waals surface area contributed by atoms with Crippen LogP contribution in [0, 0.1) is 6.92 Å². The first kappa shape index (κ1) is 11.6. The van der Waals surface area contributed by atoms with Crippen molar-refractivity contribution >= 4 is 23.1 Å². The second kappa shape index (κ2) is 5.00. The second-order valence-corrected chi connectivity index (χ2v) is 5.80. The van der Waals surface area contributed by atoms with Gasteiger partial charge in [0.25, 0.3) is 0 Å². The highest BCUT2D eigenvalue weighted by molar-refractivity contribution is 8.00. The number of nitrogens with zero attached hydrogens (tertiary/aromatic N) is 1. The first-order chi connectivity index (χ1) is 7.70. The van der Waals surface area contributed by atoms with Crippen molar-refractivity contribution in [3.8, 4) is 0 Å². The molecule has 0 amide bonds. The minimum absolute atomic E-state index is 0.783. The predicted molar refractivity (Wildman–Crippen MR) is 74.3 cm³/mol.